The molecule has 5 rings (SSSR count). The molecule has 2 aromatic rings. The Kier molecular flexibility index (Phi) is 13.3. The highest BCUT2D eigenvalue weighted by atomic mass is 16.2. The van der Waals surface area contributed by atoms with Gasteiger partial charge in [-0.1, -0.05) is 80.9 Å². The van der Waals surface area contributed by atoms with E-state index in [4.69, 9.17) is 0 Å². The number of fused-ring (bicyclic) bond motifs is 2. The molecular weight excluding hydrogens is 672 g/mol. The average molecular weight is 729 g/mol. The predicted octanol–water partition coefficient (Wildman–Crippen LogP) is 2.94. The lowest BCUT2D eigenvalue weighted by atomic mass is 9.92. The van der Waals surface area contributed by atoms with Gasteiger partial charge >= 0.3 is 0 Å². The van der Waals surface area contributed by atoms with Gasteiger partial charge in [0.15, 0.2) is 0 Å². The number of amides is 6. The number of piperidine rings is 2. The number of nitrogens with zero attached hydrogens (tertiary/aromatic N) is 4. The van der Waals surface area contributed by atoms with Crippen LogP contribution in [-0.2, 0) is 41.6 Å². The Morgan fingerprint density at radius 2 is 1.17 bits per heavy atom. The molecule has 286 valence electrons. The molecule has 0 aliphatic carbocycles. The van der Waals surface area contributed by atoms with Gasteiger partial charge in [-0.25, -0.2) is 0 Å². The van der Waals surface area contributed by atoms with Gasteiger partial charge in [0.2, 0.25) is 35.4 Å². The monoisotopic (exact) mass is 728 g/mol. The molecule has 3 heterocycles. The Bertz CT molecular complexity index is 1620. The van der Waals surface area contributed by atoms with E-state index in [1.807, 2.05) is 74.5 Å². The molecule has 12 nitrogen and oxygen atoms in total. The van der Waals surface area contributed by atoms with E-state index in [1.54, 1.807) is 23.8 Å². The largest absolute Gasteiger partial charge is 0.342 e. The normalized spacial score (nSPS) is 27.6. The molecule has 0 unspecified atom stereocenters. The second-order valence-corrected chi connectivity index (χ2v) is 15.0. The Balaban J connectivity index is 1.58. The van der Waals surface area contributed by atoms with E-state index >= 15 is 0 Å². The molecule has 0 spiro atoms. The van der Waals surface area contributed by atoms with E-state index in [0.29, 0.717) is 38.8 Å². The fourth-order valence-corrected chi connectivity index (χ4v) is 7.78. The zero-order chi connectivity index (χ0) is 38.2. The lowest BCUT2D eigenvalue weighted by molar-refractivity contribution is -0.158. The summed E-state index contributed by atoms with van der Waals surface area (Å²) >= 11 is 0. The Labute approximate surface area is 313 Å². The van der Waals surface area contributed by atoms with Gasteiger partial charge in [-0.05, 0) is 62.5 Å². The molecule has 53 heavy (non-hydrogen) atoms. The van der Waals surface area contributed by atoms with E-state index in [-0.39, 0.29) is 36.5 Å². The quantitative estimate of drug-likeness (QED) is 0.469. The maximum Gasteiger partial charge on any atom is 0.246 e. The summed E-state index contributed by atoms with van der Waals surface area (Å²) in [6.45, 7) is 6.14. The second kappa shape index (κ2) is 17.9. The van der Waals surface area contributed by atoms with Gasteiger partial charge in [0.25, 0.3) is 0 Å². The van der Waals surface area contributed by atoms with Gasteiger partial charge in [0.05, 0.1) is 0 Å². The summed E-state index contributed by atoms with van der Waals surface area (Å²) in [6.07, 6.45) is 4.73. The summed E-state index contributed by atoms with van der Waals surface area (Å²) in [6, 6.07) is 13.1. The van der Waals surface area contributed by atoms with Crippen LogP contribution in [0.15, 0.2) is 60.7 Å². The van der Waals surface area contributed by atoms with Crippen LogP contribution in [0.1, 0.15) is 76.8 Å². The minimum atomic E-state index is -1.06. The van der Waals surface area contributed by atoms with Gasteiger partial charge in [0.1, 0.15) is 36.3 Å². The first kappa shape index (κ1) is 39.5. The summed E-state index contributed by atoms with van der Waals surface area (Å²) in [5, 5.41) is 5.87. The number of hydrogen-bond acceptors (Lipinski definition) is 6. The number of carbonyl (C=O) groups is 6. The smallest absolute Gasteiger partial charge is 0.246 e. The van der Waals surface area contributed by atoms with Crippen molar-refractivity contribution in [2.75, 3.05) is 27.2 Å². The molecule has 0 bridgehead atoms. The molecule has 0 aromatic heterocycles. The van der Waals surface area contributed by atoms with E-state index in [0.717, 1.165) is 30.4 Å². The molecule has 3 aliphatic rings. The van der Waals surface area contributed by atoms with Gasteiger partial charge in [-0.2, -0.15) is 0 Å². The second-order valence-electron chi connectivity index (χ2n) is 15.0. The highest BCUT2D eigenvalue weighted by Crippen LogP contribution is 2.28. The van der Waals surface area contributed by atoms with Crippen LogP contribution < -0.4 is 10.6 Å². The van der Waals surface area contributed by atoms with Crippen LogP contribution >= 0.6 is 0 Å². The topological polar surface area (TPSA) is 139 Å². The van der Waals surface area contributed by atoms with E-state index < -0.39 is 54.0 Å². The minimum Gasteiger partial charge on any atom is -0.342 e. The number of benzene rings is 2. The number of likely N-dealkylation sites (N-methyl/N-ethyl adjacent to an activating group) is 2. The third-order valence-electron chi connectivity index (χ3n) is 11.5. The molecule has 2 N–H and O–H groups in total. The Morgan fingerprint density at radius 1 is 0.642 bits per heavy atom. The van der Waals surface area contributed by atoms with Crippen molar-refractivity contribution in [2.45, 2.75) is 115 Å². The Hall–Kier alpha value is -4.74. The van der Waals surface area contributed by atoms with Crippen LogP contribution in [0, 0.1) is 5.92 Å². The van der Waals surface area contributed by atoms with Crippen molar-refractivity contribution in [3.8, 4) is 0 Å². The minimum absolute atomic E-state index is 0.152. The highest BCUT2D eigenvalue weighted by molar-refractivity contribution is 5.98. The van der Waals surface area contributed by atoms with E-state index in [9.17, 15) is 28.8 Å². The zero-order valence-electron chi connectivity index (χ0n) is 31.8. The Morgan fingerprint density at radius 3 is 1.74 bits per heavy atom. The molecular formula is C41H56N6O6. The van der Waals surface area contributed by atoms with Gasteiger partial charge in [-0.15, -0.1) is 0 Å². The first-order valence-electron chi connectivity index (χ1n) is 19.3. The maximum atomic E-state index is 14.6. The van der Waals surface area contributed by atoms with Crippen LogP contribution in [0.2, 0.25) is 0 Å². The molecule has 6 amide bonds. The van der Waals surface area contributed by atoms with Crippen molar-refractivity contribution in [1.82, 2.24) is 30.2 Å². The molecule has 3 saturated heterocycles. The number of nitrogens with one attached hydrogen (secondary N) is 2. The molecule has 3 aliphatic heterocycles. The first-order chi connectivity index (χ1) is 25.4. The van der Waals surface area contributed by atoms with Crippen molar-refractivity contribution in [2.24, 2.45) is 5.92 Å². The van der Waals surface area contributed by atoms with Gasteiger partial charge in [0, 0.05) is 40.0 Å². The van der Waals surface area contributed by atoms with Crippen LogP contribution in [0.4, 0.5) is 0 Å². The van der Waals surface area contributed by atoms with Crippen LogP contribution in [0.25, 0.3) is 0 Å². The molecule has 2 aromatic carbocycles. The third-order valence-corrected chi connectivity index (χ3v) is 11.5. The molecule has 12 heteroatoms. The first-order valence-corrected chi connectivity index (χ1v) is 19.3. The summed E-state index contributed by atoms with van der Waals surface area (Å²) in [4.78, 5) is 92.3. The van der Waals surface area contributed by atoms with Crippen molar-refractivity contribution < 1.29 is 28.8 Å². The average Bonchev–Trinajstić information content (AvgIpc) is 3.19. The standard InChI is InChI=1S/C41H56N6O6/c1-6-27(2)35-41(53)47-24-16-14-22-33(47)40(52)46-23-15-13-21-32(46)38(50)45(5)34(26-30-19-11-8-12-20-30)39(51)44(4)28(3)36(48)42-31(37(49)43-35)25-29-17-9-7-10-18-29/h7-12,17-20,27-28,31-35H,6,13-16,21-26H2,1-5H3,(H,42,48)(H,43,49)/t27-,28-,31+,32-,33+,34+,35-/m0/s1. The summed E-state index contributed by atoms with van der Waals surface area (Å²) in [5.41, 5.74) is 1.64. The van der Waals surface area contributed by atoms with Crippen molar-refractivity contribution in [1.29, 1.82) is 0 Å². The van der Waals surface area contributed by atoms with E-state index in [2.05, 4.69) is 10.6 Å². The van der Waals surface area contributed by atoms with Crippen molar-refractivity contribution in [3.05, 3.63) is 71.8 Å². The fraction of sp³-hybridized carbons (Fsp3) is 0.561. The van der Waals surface area contributed by atoms with Crippen molar-refractivity contribution >= 4 is 35.4 Å². The SMILES string of the molecule is CC[C@H](C)[C@@H]1NC(=O)[C@@H](Cc2ccccc2)NC(=O)[C@H](C)N(C)C(=O)[C@@H](Cc2ccccc2)N(C)C(=O)[C@@H]2CCCCN2C(=O)[C@H]2CCCCN2C1=O. The van der Waals surface area contributed by atoms with Gasteiger partial charge < -0.3 is 30.2 Å². The van der Waals surface area contributed by atoms with Crippen LogP contribution in [0.3, 0.4) is 0 Å². The summed E-state index contributed by atoms with van der Waals surface area (Å²) in [5.74, 6) is -2.73. The summed E-state index contributed by atoms with van der Waals surface area (Å²) < 4.78 is 0. The van der Waals surface area contributed by atoms with Gasteiger partial charge in [-0.3, -0.25) is 28.8 Å². The van der Waals surface area contributed by atoms with Crippen LogP contribution in [0.5, 0.6) is 0 Å². The summed E-state index contributed by atoms with van der Waals surface area (Å²) in [7, 11) is 3.12. The molecule has 3 fully saturated rings. The van der Waals surface area contributed by atoms with Crippen molar-refractivity contribution in [3.63, 3.8) is 0 Å². The number of rotatable bonds is 6. The third kappa shape index (κ3) is 9.08. The lowest BCUT2D eigenvalue weighted by Gasteiger charge is -2.44. The zero-order valence-corrected chi connectivity index (χ0v) is 31.8. The van der Waals surface area contributed by atoms with E-state index in [1.165, 1.54) is 16.8 Å². The molecule has 7 atom stereocenters. The number of hydrogen-bond donors (Lipinski definition) is 2. The fourth-order valence-electron chi connectivity index (χ4n) is 7.78. The highest BCUT2D eigenvalue weighted by Gasteiger charge is 2.45. The predicted molar refractivity (Wildman–Crippen MR) is 201 cm³/mol. The molecule has 0 saturated carbocycles. The lowest BCUT2D eigenvalue weighted by Crippen LogP contribution is -2.64. The van der Waals surface area contributed by atoms with Crippen LogP contribution in [-0.4, -0.2) is 118 Å². The number of carbonyl (C=O) groups excluding carboxylic acids is 6. The maximum absolute atomic E-state index is 14.6. The molecule has 0 radical (unpaired) electrons.